The third kappa shape index (κ3) is 3.31. The average Bonchev–Trinajstić information content (AvgIpc) is 2.40. The maximum Gasteiger partial charge on any atom is 0.269 e. The molecule has 4 heteroatoms. The molecule has 0 aliphatic rings. The molecule has 2 rings (SSSR count). The van der Waals surface area contributed by atoms with E-state index in [4.69, 9.17) is 4.74 Å². The Morgan fingerprint density at radius 2 is 1.67 bits per heavy atom. The largest absolute Gasteiger partial charge is 0.493 e. The van der Waals surface area contributed by atoms with E-state index >= 15 is 0 Å². The Bertz CT molecular complexity index is 508. The summed E-state index contributed by atoms with van der Waals surface area (Å²) in [6.07, 6.45) is 0.817. The van der Waals surface area contributed by atoms with Gasteiger partial charge >= 0.3 is 0 Å². The molecule has 2 aromatic carbocycles. The van der Waals surface area contributed by atoms with Gasteiger partial charge in [0.2, 0.25) is 0 Å². The second-order valence-corrected chi connectivity index (χ2v) is 3.84. The molecule has 0 fully saturated rings. The molecule has 0 saturated heterocycles. The number of benzene rings is 2. The Kier molecular flexibility index (Phi) is 3.91. The Balaban J connectivity index is 1.85. The van der Waals surface area contributed by atoms with Gasteiger partial charge in [0.1, 0.15) is 5.75 Å². The lowest BCUT2D eigenvalue weighted by Crippen LogP contribution is -2.01. The van der Waals surface area contributed by atoms with E-state index in [-0.39, 0.29) is 5.69 Å². The summed E-state index contributed by atoms with van der Waals surface area (Å²) < 4.78 is 5.52. The van der Waals surface area contributed by atoms with Crippen LogP contribution in [0.5, 0.6) is 5.75 Å². The molecule has 0 unspecified atom stereocenters. The third-order valence-corrected chi connectivity index (χ3v) is 2.55. The second kappa shape index (κ2) is 5.82. The molecule has 4 nitrogen and oxygen atoms in total. The third-order valence-electron chi connectivity index (χ3n) is 2.55. The normalized spacial score (nSPS) is 10.0. The van der Waals surface area contributed by atoms with Crippen LogP contribution in [-0.2, 0) is 6.42 Å². The lowest BCUT2D eigenvalue weighted by atomic mass is 10.2. The summed E-state index contributed by atoms with van der Waals surface area (Å²) in [7, 11) is 0. The lowest BCUT2D eigenvalue weighted by Gasteiger charge is -2.05. The highest BCUT2D eigenvalue weighted by atomic mass is 16.6. The maximum absolute atomic E-state index is 10.5. The zero-order valence-corrected chi connectivity index (χ0v) is 9.78. The summed E-state index contributed by atoms with van der Waals surface area (Å²) in [5.74, 6) is 0.650. The Morgan fingerprint density at radius 1 is 1.00 bits per heavy atom. The van der Waals surface area contributed by atoms with Gasteiger partial charge in [0.05, 0.1) is 11.5 Å². The summed E-state index contributed by atoms with van der Waals surface area (Å²) >= 11 is 0. The van der Waals surface area contributed by atoms with Gasteiger partial charge < -0.3 is 4.74 Å². The van der Waals surface area contributed by atoms with Crippen molar-refractivity contribution in [2.45, 2.75) is 6.42 Å². The Labute approximate surface area is 105 Å². The van der Waals surface area contributed by atoms with Crippen LogP contribution in [0, 0.1) is 10.1 Å². The molecule has 0 heterocycles. The minimum absolute atomic E-state index is 0.0745. The van der Waals surface area contributed by atoms with E-state index in [1.165, 1.54) is 17.7 Å². The molecule has 0 spiro atoms. The molecule has 92 valence electrons. The van der Waals surface area contributed by atoms with E-state index in [1.54, 1.807) is 12.1 Å². The molecular formula is C14H13NO3. The molecule has 0 bridgehead atoms. The zero-order chi connectivity index (χ0) is 12.8. The predicted molar refractivity (Wildman–Crippen MR) is 68.7 cm³/mol. The number of hydrogen-bond donors (Lipinski definition) is 0. The molecule has 0 atom stereocenters. The molecule has 0 radical (unpaired) electrons. The number of nitro benzene ring substituents is 1. The number of non-ortho nitro benzene ring substituents is 1. The van der Waals surface area contributed by atoms with Crippen LogP contribution >= 0.6 is 0 Å². The van der Waals surface area contributed by atoms with E-state index in [9.17, 15) is 10.1 Å². The van der Waals surface area contributed by atoms with Crippen molar-refractivity contribution in [2.24, 2.45) is 0 Å². The minimum Gasteiger partial charge on any atom is -0.493 e. The van der Waals surface area contributed by atoms with Crippen molar-refractivity contribution in [3.63, 3.8) is 0 Å². The second-order valence-electron chi connectivity index (χ2n) is 3.84. The van der Waals surface area contributed by atoms with Crippen LogP contribution in [-0.4, -0.2) is 11.5 Å². The Hall–Kier alpha value is -2.36. The quantitative estimate of drug-likeness (QED) is 0.598. The van der Waals surface area contributed by atoms with Crippen molar-refractivity contribution >= 4 is 5.69 Å². The molecule has 0 aromatic heterocycles. The van der Waals surface area contributed by atoms with Crippen molar-refractivity contribution < 1.29 is 9.66 Å². The maximum atomic E-state index is 10.5. The summed E-state index contributed by atoms with van der Waals surface area (Å²) in [5.41, 5.74) is 1.28. The zero-order valence-electron chi connectivity index (χ0n) is 9.78. The molecular weight excluding hydrogens is 230 g/mol. The van der Waals surface area contributed by atoms with Gasteiger partial charge in [-0.3, -0.25) is 10.1 Å². The van der Waals surface area contributed by atoms with E-state index in [2.05, 4.69) is 0 Å². The Morgan fingerprint density at radius 3 is 2.28 bits per heavy atom. The number of hydrogen-bond acceptors (Lipinski definition) is 3. The van der Waals surface area contributed by atoms with Gasteiger partial charge in [-0.15, -0.1) is 0 Å². The first kappa shape index (κ1) is 12.1. The average molecular weight is 243 g/mol. The van der Waals surface area contributed by atoms with Gasteiger partial charge in [-0.25, -0.2) is 0 Å². The smallest absolute Gasteiger partial charge is 0.269 e. The number of ether oxygens (including phenoxy) is 1. The first-order valence-electron chi connectivity index (χ1n) is 5.67. The van der Waals surface area contributed by atoms with Crippen LogP contribution in [0.2, 0.25) is 0 Å². The summed E-state index contributed by atoms with van der Waals surface area (Å²) in [6, 6.07) is 16.1. The first-order chi connectivity index (χ1) is 8.75. The van der Waals surface area contributed by atoms with Crippen molar-refractivity contribution in [2.75, 3.05) is 6.61 Å². The van der Waals surface area contributed by atoms with Crippen molar-refractivity contribution in [3.05, 3.63) is 70.3 Å². The van der Waals surface area contributed by atoms with Gasteiger partial charge in [-0.2, -0.15) is 0 Å². The highest BCUT2D eigenvalue weighted by molar-refractivity contribution is 5.36. The summed E-state index contributed by atoms with van der Waals surface area (Å²) in [5, 5.41) is 10.5. The highest BCUT2D eigenvalue weighted by Gasteiger charge is 2.04. The van der Waals surface area contributed by atoms with Crippen molar-refractivity contribution in [1.29, 1.82) is 0 Å². The topological polar surface area (TPSA) is 52.4 Å². The lowest BCUT2D eigenvalue weighted by molar-refractivity contribution is -0.384. The standard InChI is InChI=1S/C14H13NO3/c16-15(17)13-6-8-14(9-7-13)18-11-10-12-4-2-1-3-5-12/h1-9H,10-11H2. The van der Waals surface area contributed by atoms with Crippen LogP contribution in [0.1, 0.15) is 5.56 Å². The van der Waals surface area contributed by atoms with E-state index < -0.39 is 4.92 Å². The van der Waals surface area contributed by atoms with Gasteiger partial charge in [-0.05, 0) is 17.7 Å². The van der Waals surface area contributed by atoms with E-state index in [0.29, 0.717) is 12.4 Å². The van der Waals surface area contributed by atoms with Gasteiger partial charge in [0, 0.05) is 18.6 Å². The molecule has 18 heavy (non-hydrogen) atoms. The fourth-order valence-corrected chi connectivity index (χ4v) is 1.60. The molecule has 0 saturated carbocycles. The first-order valence-corrected chi connectivity index (χ1v) is 5.67. The van der Waals surface area contributed by atoms with Crippen LogP contribution in [0.4, 0.5) is 5.69 Å². The monoisotopic (exact) mass is 243 g/mol. The van der Waals surface area contributed by atoms with Crippen LogP contribution < -0.4 is 4.74 Å². The van der Waals surface area contributed by atoms with Gasteiger partial charge in [-0.1, -0.05) is 30.3 Å². The van der Waals surface area contributed by atoms with Crippen LogP contribution in [0.15, 0.2) is 54.6 Å². The van der Waals surface area contributed by atoms with Crippen LogP contribution in [0.3, 0.4) is 0 Å². The predicted octanol–water partition coefficient (Wildman–Crippen LogP) is 3.22. The molecule has 2 aromatic rings. The SMILES string of the molecule is O=[N+]([O-])c1ccc(OCCc2ccccc2)cc1. The number of nitro groups is 1. The molecule has 0 aliphatic heterocycles. The van der Waals surface area contributed by atoms with E-state index in [1.807, 2.05) is 30.3 Å². The fourth-order valence-electron chi connectivity index (χ4n) is 1.60. The molecule has 0 N–H and O–H groups in total. The van der Waals surface area contributed by atoms with Crippen LogP contribution in [0.25, 0.3) is 0 Å². The van der Waals surface area contributed by atoms with E-state index in [0.717, 1.165) is 6.42 Å². The number of nitrogens with zero attached hydrogens (tertiary/aromatic N) is 1. The summed E-state index contributed by atoms with van der Waals surface area (Å²) in [6.45, 7) is 0.557. The van der Waals surface area contributed by atoms with Gasteiger partial charge in [0.25, 0.3) is 5.69 Å². The number of rotatable bonds is 5. The molecule has 0 amide bonds. The molecule has 0 aliphatic carbocycles. The fraction of sp³-hybridized carbons (Fsp3) is 0.143. The van der Waals surface area contributed by atoms with Gasteiger partial charge in [0.15, 0.2) is 0 Å². The van der Waals surface area contributed by atoms with Crippen molar-refractivity contribution in [3.8, 4) is 5.75 Å². The summed E-state index contributed by atoms with van der Waals surface area (Å²) in [4.78, 5) is 10.1. The highest BCUT2D eigenvalue weighted by Crippen LogP contribution is 2.17. The minimum atomic E-state index is -0.423. The van der Waals surface area contributed by atoms with Crippen molar-refractivity contribution in [1.82, 2.24) is 0 Å².